The maximum atomic E-state index is 6.08. The van der Waals surface area contributed by atoms with Gasteiger partial charge in [0.05, 0.1) is 6.04 Å². The first kappa shape index (κ1) is 9.53. The highest BCUT2D eigenvalue weighted by atomic mass is 16.5. The molecule has 1 aromatic carbocycles. The Labute approximate surface area is 85.1 Å². The molecule has 0 spiro atoms. The molecule has 2 heteroatoms. The minimum absolute atomic E-state index is 0.0318. The topological polar surface area (TPSA) is 35.2 Å². The van der Waals surface area contributed by atoms with Crippen LogP contribution in [-0.4, -0.2) is 6.10 Å². The average molecular weight is 191 g/mol. The second kappa shape index (κ2) is 2.99. The van der Waals surface area contributed by atoms with Gasteiger partial charge in [-0.05, 0) is 44.4 Å². The fraction of sp³-hybridized carbons (Fsp3) is 0.500. The van der Waals surface area contributed by atoms with Gasteiger partial charge in [-0.2, -0.15) is 0 Å². The molecule has 0 fully saturated rings. The van der Waals surface area contributed by atoms with Crippen LogP contribution in [0.3, 0.4) is 0 Å². The van der Waals surface area contributed by atoms with Crippen molar-refractivity contribution in [3.63, 3.8) is 0 Å². The van der Waals surface area contributed by atoms with E-state index < -0.39 is 0 Å². The summed E-state index contributed by atoms with van der Waals surface area (Å²) in [6.07, 6.45) is 0.101. The van der Waals surface area contributed by atoms with Crippen molar-refractivity contribution < 1.29 is 4.74 Å². The highest BCUT2D eigenvalue weighted by Crippen LogP contribution is 2.41. The summed E-state index contributed by atoms with van der Waals surface area (Å²) >= 11 is 0. The molecule has 2 unspecified atom stereocenters. The quantitative estimate of drug-likeness (QED) is 0.683. The molecule has 2 rings (SSSR count). The zero-order chi connectivity index (χ0) is 10.5. The first-order valence-electron chi connectivity index (χ1n) is 5.05. The van der Waals surface area contributed by atoms with Gasteiger partial charge in [0.25, 0.3) is 0 Å². The van der Waals surface area contributed by atoms with Gasteiger partial charge in [-0.1, -0.05) is 6.07 Å². The molecule has 1 aromatic rings. The monoisotopic (exact) mass is 191 g/mol. The maximum Gasteiger partial charge on any atom is 0.128 e. The van der Waals surface area contributed by atoms with Crippen LogP contribution in [0.15, 0.2) is 6.07 Å². The molecular weight excluding hydrogens is 174 g/mol. The molecule has 1 aliphatic rings. The van der Waals surface area contributed by atoms with Crippen molar-refractivity contribution in [3.05, 3.63) is 28.3 Å². The van der Waals surface area contributed by atoms with Crippen LogP contribution in [0.1, 0.15) is 35.2 Å². The highest BCUT2D eigenvalue weighted by Gasteiger charge is 2.31. The number of rotatable bonds is 0. The predicted molar refractivity (Wildman–Crippen MR) is 57.7 cm³/mol. The summed E-state index contributed by atoms with van der Waals surface area (Å²) < 4.78 is 5.79. The number of hydrogen-bond donors (Lipinski definition) is 1. The van der Waals surface area contributed by atoms with Crippen LogP contribution >= 0.6 is 0 Å². The van der Waals surface area contributed by atoms with E-state index in [1.54, 1.807) is 0 Å². The van der Waals surface area contributed by atoms with E-state index in [1.807, 2.05) is 6.92 Å². The normalized spacial score (nSPS) is 24.6. The Bertz CT molecular complexity index is 384. The SMILES string of the molecule is Cc1cc(C)c2c(c1C)OC(C)C2N. The van der Waals surface area contributed by atoms with E-state index in [2.05, 4.69) is 26.8 Å². The van der Waals surface area contributed by atoms with Crippen LogP contribution < -0.4 is 10.5 Å². The van der Waals surface area contributed by atoms with E-state index in [4.69, 9.17) is 10.5 Å². The Kier molecular flexibility index (Phi) is 2.04. The van der Waals surface area contributed by atoms with E-state index in [1.165, 1.54) is 22.3 Å². The molecule has 0 saturated heterocycles. The standard InChI is InChI=1S/C12H17NO/c1-6-5-7(2)10-11(13)9(4)14-12(10)8(6)3/h5,9,11H,13H2,1-4H3. The highest BCUT2D eigenvalue weighted by molar-refractivity contribution is 5.53. The van der Waals surface area contributed by atoms with Crippen molar-refractivity contribution >= 4 is 0 Å². The lowest BCUT2D eigenvalue weighted by molar-refractivity contribution is 0.227. The van der Waals surface area contributed by atoms with Crippen molar-refractivity contribution in [3.8, 4) is 5.75 Å². The second-order valence-electron chi connectivity index (χ2n) is 4.23. The third kappa shape index (κ3) is 1.14. The van der Waals surface area contributed by atoms with E-state index in [-0.39, 0.29) is 12.1 Å². The van der Waals surface area contributed by atoms with Crippen LogP contribution in [-0.2, 0) is 0 Å². The lowest BCUT2D eigenvalue weighted by Gasteiger charge is -2.10. The van der Waals surface area contributed by atoms with Gasteiger partial charge in [-0.3, -0.25) is 0 Å². The number of aryl methyl sites for hydroxylation is 2. The van der Waals surface area contributed by atoms with Gasteiger partial charge in [0.15, 0.2) is 0 Å². The zero-order valence-corrected chi connectivity index (χ0v) is 9.22. The average Bonchev–Trinajstić information content (AvgIpc) is 2.40. The summed E-state index contributed by atoms with van der Waals surface area (Å²) in [5.41, 5.74) is 11.0. The van der Waals surface area contributed by atoms with Gasteiger partial charge in [0.2, 0.25) is 0 Å². The third-order valence-electron chi connectivity index (χ3n) is 3.18. The van der Waals surface area contributed by atoms with Gasteiger partial charge in [0, 0.05) is 5.56 Å². The van der Waals surface area contributed by atoms with Crippen LogP contribution in [0.5, 0.6) is 5.75 Å². The number of hydrogen-bond acceptors (Lipinski definition) is 2. The van der Waals surface area contributed by atoms with Crippen molar-refractivity contribution in [1.29, 1.82) is 0 Å². The number of benzene rings is 1. The summed E-state index contributed by atoms with van der Waals surface area (Å²) in [5, 5.41) is 0. The molecule has 2 atom stereocenters. The molecule has 0 aliphatic carbocycles. The van der Waals surface area contributed by atoms with Crippen molar-refractivity contribution in [1.82, 2.24) is 0 Å². The summed E-state index contributed by atoms with van der Waals surface area (Å²) in [6, 6.07) is 2.22. The van der Waals surface area contributed by atoms with E-state index in [0.29, 0.717) is 0 Å². The molecule has 1 heterocycles. The Morgan fingerprint density at radius 2 is 1.86 bits per heavy atom. The fourth-order valence-corrected chi connectivity index (χ4v) is 2.13. The molecule has 0 bridgehead atoms. The lowest BCUT2D eigenvalue weighted by atomic mass is 9.95. The Morgan fingerprint density at radius 3 is 2.50 bits per heavy atom. The molecule has 1 aliphatic heterocycles. The van der Waals surface area contributed by atoms with Gasteiger partial charge < -0.3 is 10.5 Å². The minimum Gasteiger partial charge on any atom is -0.488 e. The third-order valence-corrected chi connectivity index (χ3v) is 3.18. The van der Waals surface area contributed by atoms with Crippen molar-refractivity contribution in [2.75, 3.05) is 0 Å². The maximum absolute atomic E-state index is 6.08. The van der Waals surface area contributed by atoms with Gasteiger partial charge in [-0.25, -0.2) is 0 Å². The first-order valence-corrected chi connectivity index (χ1v) is 5.05. The molecule has 0 aromatic heterocycles. The van der Waals surface area contributed by atoms with E-state index >= 15 is 0 Å². The van der Waals surface area contributed by atoms with Gasteiger partial charge >= 0.3 is 0 Å². The Hall–Kier alpha value is -1.02. The molecule has 14 heavy (non-hydrogen) atoms. The number of ether oxygens (including phenoxy) is 1. The van der Waals surface area contributed by atoms with Crippen molar-refractivity contribution in [2.24, 2.45) is 5.73 Å². The van der Waals surface area contributed by atoms with Crippen LogP contribution in [0.25, 0.3) is 0 Å². The summed E-state index contributed by atoms with van der Waals surface area (Å²) in [6.45, 7) is 8.34. The summed E-state index contributed by atoms with van der Waals surface area (Å²) in [4.78, 5) is 0. The number of fused-ring (bicyclic) bond motifs is 1. The van der Waals surface area contributed by atoms with Gasteiger partial charge in [-0.15, -0.1) is 0 Å². The largest absolute Gasteiger partial charge is 0.488 e. The van der Waals surface area contributed by atoms with E-state index in [0.717, 1.165) is 5.75 Å². The summed E-state index contributed by atoms with van der Waals surface area (Å²) in [5.74, 6) is 1.02. The minimum atomic E-state index is 0.0318. The Balaban J connectivity index is 2.67. The van der Waals surface area contributed by atoms with Crippen LogP contribution in [0, 0.1) is 20.8 Å². The first-order chi connectivity index (χ1) is 6.52. The lowest BCUT2D eigenvalue weighted by Crippen LogP contribution is -2.21. The summed E-state index contributed by atoms with van der Waals surface area (Å²) in [7, 11) is 0. The van der Waals surface area contributed by atoms with Crippen molar-refractivity contribution in [2.45, 2.75) is 39.8 Å². The molecule has 0 amide bonds. The van der Waals surface area contributed by atoms with Gasteiger partial charge in [0.1, 0.15) is 11.9 Å². The smallest absolute Gasteiger partial charge is 0.128 e. The van der Waals surface area contributed by atoms with E-state index in [9.17, 15) is 0 Å². The van der Waals surface area contributed by atoms with Crippen LogP contribution in [0.4, 0.5) is 0 Å². The second-order valence-corrected chi connectivity index (χ2v) is 4.23. The zero-order valence-electron chi connectivity index (χ0n) is 9.22. The Morgan fingerprint density at radius 1 is 1.21 bits per heavy atom. The predicted octanol–water partition coefficient (Wildman–Crippen LogP) is 2.39. The molecular formula is C12H17NO. The fourth-order valence-electron chi connectivity index (χ4n) is 2.13. The molecule has 2 nitrogen and oxygen atoms in total. The number of nitrogens with two attached hydrogens (primary N) is 1. The molecule has 0 saturated carbocycles. The molecule has 76 valence electrons. The molecule has 2 N–H and O–H groups in total. The van der Waals surface area contributed by atoms with Crippen LogP contribution in [0.2, 0.25) is 0 Å². The molecule has 0 radical (unpaired) electrons.